The summed E-state index contributed by atoms with van der Waals surface area (Å²) >= 11 is 0. The van der Waals surface area contributed by atoms with Crippen molar-refractivity contribution in [3.63, 3.8) is 0 Å². The monoisotopic (exact) mass is 433 g/mol. The third-order valence-corrected chi connectivity index (χ3v) is 6.67. The number of anilines is 1. The van der Waals surface area contributed by atoms with Crippen molar-refractivity contribution in [2.24, 2.45) is 0 Å². The molecule has 1 N–H and O–H groups in total. The number of allylic oxidation sites excluding steroid dienone is 1. The molecular weight excluding hydrogens is 405 g/mol. The van der Waals surface area contributed by atoms with Crippen LogP contribution in [0.3, 0.4) is 0 Å². The standard InChI is InChI=1S/C26H28FN3O2/c1-16-23(19-6-4-18(5-7-19)15-30-12-10-29(3)11-13-30)17(2)32-25(16)24-21-14-20(27)8-9-22(21)28-26(24)31/h4-9,14,17H,10-13,15H2,1-3H3,(H,28,31)/b25-24+. The number of carbonyl (C=O) groups is 1. The van der Waals surface area contributed by atoms with Crippen LogP contribution < -0.4 is 5.32 Å². The lowest BCUT2D eigenvalue weighted by molar-refractivity contribution is -0.110. The molecule has 0 aromatic heterocycles. The molecule has 5 rings (SSSR count). The summed E-state index contributed by atoms with van der Waals surface area (Å²) in [5.41, 5.74) is 5.95. The van der Waals surface area contributed by atoms with Crippen molar-refractivity contribution in [3.05, 3.63) is 76.3 Å². The van der Waals surface area contributed by atoms with E-state index >= 15 is 0 Å². The van der Waals surface area contributed by atoms with Crippen LogP contribution in [0.15, 0.2) is 53.8 Å². The second-order valence-corrected chi connectivity index (χ2v) is 8.92. The van der Waals surface area contributed by atoms with E-state index in [0.717, 1.165) is 49.4 Å². The van der Waals surface area contributed by atoms with Gasteiger partial charge in [0.2, 0.25) is 0 Å². The first-order valence-corrected chi connectivity index (χ1v) is 11.1. The predicted molar refractivity (Wildman–Crippen MR) is 124 cm³/mol. The van der Waals surface area contributed by atoms with Crippen LogP contribution >= 0.6 is 0 Å². The van der Waals surface area contributed by atoms with E-state index < -0.39 is 0 Å². The van der Waals surface area contributed by atoms with Gasteiger partial charge in [-0.2, -0.15) is 0 Å². The molecule has 3 heterocycles. The van der Waals surface area contributed by atoms with Crippen molar-refractivity contribution in [2.75, 3.05) is 38.5 Å². The molecule has 3 aliphatic heterocycles. The molecule has 3 aliphatic rings. The SMILES string of the molecule is CC1=C(c2ccc(CN3CCN(C)CC3)cc2)C(C)O/C1=C1/C(=O)Nc2ccc(F)cc21. The lowest BCUT2D eigenvalue weighted by Gasteiger charge is -2.32. The van der Waals surface area contributed by atoms with Gasteiger partial charge in [0.05, 0.1) is 5.57 Å². The van der Waals surface area contributed by atoms with Gasteiger partial charge < -0.3 is 15.0 Å². The van der Waals surface area contributed by atoms with Crippen LogP contribution in [-0.2, 0) is 16.1 Å². The minimum Gasteiger partial charge on any atom is -0.485 e. The van der Waals surface area contributed by atoms with E-state index in [4.69, 9.17) is 4.74 Å². The van der Waals surface area contributed by atoms with Crippen LogP contribution in [0.5, 0.6) is 0 Å². The molecule has 0 bridgehead atoms. The Morgan fingerprint density at radius 2 is 1.81 bits per heavy atom. The number of piperazine rings is 1. The third kappa shape index (κ3) is 3.74. The molecule has 5 nitrogen and oxygen atoms in total. The molecule has 166 valence electrons. The Morgan fingerprint density at radius 1 is 1.09 bits per heavy atom. The van der Waals surface area contributed by atoms with E-state index in [1.54, 1.807) is 6.07 Å². The number of rotatable bonds is 3. The number of likely N-dealkylation sites (N-methyl/N-ethyl adjacent to an activating group) is 1. The van der Waals surface area contributed by atoms with Crippen molar-refractivity contribution < 1.29 is 13.9 Å². The lowest BCUT2D eigenvalue weighted by atomic mass is 9.95. The maximum absolute atomic E-state index is 13.9. The number of benzene rings is 2. The zero-order chi connectivity index (χ0) is 22.4. The topological polar surface area (TPSA) is 44.8 Å². The summed E-state index contributed by atoms with van der Waals surface area (Å²) in [7, 11) is 2.17. The van der Waals surface area contributed by atoms with E-state index in [1.807, 2.05) is 13.8 Å². The van der Waals surface area contributed by atoms with Crippen LogP contribution in [0.1, 0.15) is 30.5 Å². The summed E-state index contributed by atoms with van der Waals surface area (Å²) in [5.74, 6) is -0.0889. The Balaban J connectivity index is 1.44. The molecule has 2 aromatic rings. The summed E-state index contributed by atoms with van der Waals surface area (Å²) in [6.45, 7) is 9.32. The summed E-state index contributed by atoms with van der Waals surface area (Å²) in [6.07, 6.45) is -0.189. The Bertz CT molecular complexity index is 1130. The van der Waals surface area contributed by atoms with Gasteiger partial charge in [-0.3, -0.25) is 9.69 Å². The normalized spacial score (nSPS) is 24.0. The quantitative estimate of drug-likeness (QED) is 0.740. The van der Waals surface area contributed by atoms with Crippen molar-refractivity contribution >= 4 is 22.7 Å². The van der Waals surface area contributed by atoms with E-state index in [0.29, 0.717) is 22.6 Å². The highest BCUT2D eigenvalue weighted by Gasteiger charge is 2.35. The number of hydrogen-bond donors (Lipinski definition) is 1. The van der Waals surface area contributed by atoms with Crippen molar-refractivity contribution in [3.8, 4) is 0 Å². The minimum absolute atomic E-state index is 0.189. The molecular formula is C26H28FN3O2. The number of carbonyl (C=O) groups excluding carboxylic acids is 1. The highest BCUT2D eigenvalue weighted by molar-refractivity contribution is 6.32. The highest BCUT2D eigenvalue weighted by Crippen LogP contribution is 2.43. The zero-order valence-electron chi connectivity index (χ0n) is 18.7. The van der Waals surface area contributed by atoms with Crippen LogP contribution in [-0.4, -0.2) is 55.0 Å². The fourth-order valence-electron chi connectivity index (χ4n) is 4.87. The van der Waals surface area contributed by atoms with E-state index in [9.17, 15) is 9.18 Å². The molecule has 2 aromatic carbocycles. The highest BCUT2D eigenvalue weighted by atomic mass is 19.1. The molecule has 0 spiro atoms. The largest absolute Gasteiger partial charge is 0.485 e. The van der Waals surface area contributed by atoms with Crippen LogP contribution in [0, 0.1) is 5.82 Å². The van der Waals surface area contributed by atoms with Gasteiger partial charge in [-0.05, 0) is 55.8 Å². The summed E-state index contributed by atoms with van der Waals surface area (Å²) in [6, 6.07) is 13.0. The van der Waals surface area contributed by atoms with Crippen LogP contribution in [0.25, 0.3) is 11.1 Å². The average Bonchev–Trinajstić information content (AvgIpc) is 3.24. The molecule has 1 atom stereocenters. The number of amides is 1. The molecule has 0 aliphatic carbocycles. The van der Waals surface area contributed by atoms with Gasteiger partial charge in [-0.25, -0.2) is 4.39 Å². The molecule has 32 heavy (non-hydrogen) atoms. The van der Waals surface area contributed by atoms with Gasteiger partial charge >= 0.3 is 0 Å². The van der Waals surface area contributed by atoms with Gasteiger partial charge in [-0.15, -0.1) is 0 Å². The number of nitrogens with one attached hydrogen (secondary N) is 1. The zero-order valence-corrected chi connectivity index (χ0v) is 18.7. The van der Waals surface area contributed by atoms with Crippen molar-refractivity contribution in [1.29, 1.82) is 0 Å². The predicted octanol–water partition coefficient (Wildman–Crippen LogP) is 4.13. The van der Waals surface area contributed by atoms with E-state index in [2.05, 4.69) is 46.4 Å². The second-order valence-electron chi connectivity index (χ2n) is 8.92. The van der Waals surface area contributed by atoms with Gasteiger partial charge in [0.25, 0.3) is 5.91 Å². The molecule has 1 fully saturated rings. The van der Waals surface area contributed by atoms with Crippen molar-refractivity contribution in [1.82, 2.24) is 9.80 Å². The molecule has 6 heteroatoms. The Morgan fingerprint density at radius 3 is 2.53 bits per heavy atom. The summed E-state index contributed by atoms with van der Waals surface area (Å²) < 4.78 is 20.0. The molecule has 1 amide bonds. The first-order valence-electron chi connectivity index (χ1n) is 11.1. The Hall–Kier alpha value is -2.96. The fraction of sp³-hybridized carbons (Fsp3) is 0.346. The summed E-state index contributed by atoms with van der Waals surface area (Å²) in [4.78, 5) is 17.5. The molecule has 1 unspecified atom stereocenters. The summed E-state index contributed by atoms with van der Waals surface area (Å²) in [5, 5.41) is 2.82. The minimum atomic E-state index is -0.373. The first-order chi connectivity index (χ1) is 15.4. The van der Waals surface area contributed by atoms with E-state index in [1.165, 1.54) is 17.7 Å². The number of ether oxygens (including phenoxy) is 1. The lowest BCUT2D eigenvalue weighted by Crippen LogP contribution is -2.43. The first kappa shape index (κ1) is 20.9. The Labute approximate surface area is 188 Å². The van der Waals surface area contributed by atoms with Crippen molar-refractivity contribution in [2.45, 2.75) is 26.5 Å². The Kier molecular flexibility index (Phi) is 5.35. The van der Waals surface area contributed by atoms with Gasteiger partial charge in [0, 0.05) is 49.5 Å². The number of fused-ring (bicyclic) bond motifs is 1. The third-order valence-electron chi connectivity index (χ3n) is 6.67. The second kappa shape index (κ2) is 8.19. The van der Waals surface area contributed by atoms with E-state index in [-0.39, 0.29) is 17.8 Å². The van der Waals surface area contributed by atoms with Gasteiger partial charge in [0.15, 0.2) is 0 Å². The molecule has 0 saturated carbocycles. The maximum Gasteiger partial charge on any atom is 0.260 e. The van der Waals surface area contributed by atoms with Gasteiger partial charge in [-0.1, -0.05) is 24.3 Å². The smallest absolute Gasteiger partial charge is 0.260 e. The van der Waals surface area contributed by atoms with Gasteiger partial charge in [0.1, 0.15) is 17.7 Å². The fourth-order valence-corrected chi connectivity index (χ4v) is 4.87. The van der Waals surface area contributed by atoms with Crippen LogP contribution in [0.4, 0.5) is 10.1 Å². The maximum atomic E-state index is 13.9. The number of hydrogen-bond acceptors (Lipinski definition) is 4. The molecule has 0 radical (unpaired) electrons. The van der Waals surface area contributed by atoms with Crippen LogP contribution in [0.2, 0.25) is 0 Å². The number of nitrogens with zero attached hydrogens (tertiary/aromatic N) is 2. The number of halogens is 1. The molecule has 1 saturated heterocycles. The average molecular weight is 434 g/mol.